The van der Waals surface area contributed by atoms with Gasteiger partial charge in [-0.25, -0.2) is 0 Å². The molecule has 3 N–H and O–H groups in total. The number of fused-ring (bicyclic) bond motifs is 1. The minimum atomic E-state index is -3.49. The summed E-state index contributed by atoms with van der Waals surface area (Å²) in [6, 6.07) is 15.0. The van der Waals surface area contributed by atoms with Gasteiger partial charge in [0.2, 0.25) is 11.2 Å². The molecule has 0 fully saturated rings. The van der Waals surface area contributed by atoms with Crippen molar-refractivity contribution < 1.29 is 24.5 Å². The molecule has 0 bridgehead atoms. The first-order chi connectivity index (χ1) is 10.5. The molecule has 22 heavy (non-hydrogen) atoms. The van der Waals surface area contributed by atoms with Gasteiger partial charge in [-0.1, -0.05) is 42.5 Å². The predicted molar refractivity (Wildman–Crippen MR) is 77.9 cm³/mol. The van der Waals surface area contributed by atoms with Gasteiger partial charge in [-0.3, -0.25) is 4.79 Å². The number of ether oxygens (including phenoxy) is 1. The average Bonchev–Trinajstić information content (AvgIpc) is 2.50. The van der Waals surface area contributed by atoms with E-state index in [1.165, 1.54) is 6.07 Å². The van der Waals surface area contributed by atoms with Gasteiger partial charge in [0, 0.05) is 5.56 Å². The third kappa shape index (κ3) is 2.71. The maximum Gasteiger partial charge on any atom is 0.453 e. The molecule has 0 aliphatic rings. The van der Waals surface area contributed by atoms with Gasteiger partial charge in [0.25, 0.3) is 0 Å². The monoisotopic (exact) mass is 300 g/mol. The first kappa shape index (κ1) is 14.3. The molecule has 2 aromatic carbocycles. The fourth-order valence-corrected chi connectivity index (χ4v) is 2.13. The molecule has 0 saturated heterocycles. The number of hydrogen-bond donors (Lipinski definition) is 3. The van der Waals surface area contributed by atoms with Crippen LogP contribution in [0.5, 0.6) is 5.75 Å². The van der Waals surface area contributed by atoms with E-state index in [0.29, 0.717) is 11.1 Å². The Morgan fingerprint density at radius 1 is 0.909 bits per heavy atom. The van der Waals surface area contributed by atoms with E-state index in [1.807, 2.05) is 0 Å². The molecule has 0 saturated carbocycles. The van der Waals surface area contributed by atoms with Crippen molar-refractivity contribution in [3.63, 3.8) is 0 Å². The van der Waals surface area contributed by atoms with E-state index in [0.717, 1.165) is 0 Å². The highest BCUT2D eigenvalue weighted by Crippen LogP contribution is 2.31. The fraction of sp³-hybridized carbons (Fsp3) is 0.0625. The molecule has 112 valence electrons. The van der Waals surface area contributed by atoms with Crippen molar-refractivity contribution in [3.05, 3.63) is 64.8 Å². The second-order valence-corrected chi connectivity index (χ2v) is 4.63. The molecule has 3 aromatic rings. The van der Waals surface area contributed by atoms with Crippen molar-refractivity contribution in [2.45, 2.75) is 6.16 Å². The fourth-order valence-electron chi connectivity index (χ4n) is 2.13. The van der Waals surface area contributed by atoms with Crippen LogP contribution in [0.1, 0.15) is 0 Å². The largest absolute Gasteiger partial charge is 0.453 e. The molecule has 1 heterocycles. The summed E-state index contributed by atoms with van der Waals surface area (Å²) in [4.78, 5) is 12.5. The lowest BCUT2D eigenvalue weighted by Crippen LogP contribution is -2.36. The normalized spacial score (nSPS) is 11.6. The molecule has 0 unspecified atom stereocenters. The minimum absolute atomic E-state index is 0.00850. The Balaban J connectivity index is 2.33. The first-order valence-corrected chi connectivity index (χ1v) is 6.43. The van der Waals surface area contributed by atoms with E-state index in [1.54, 1.807) is 48.5 Å². The van der Waals surface area contributed by atoms with Crippen LogP contribution >= 0.6 is 0 Å². The second kappa shape index (κ2) is 5.27. The van der Waals surface area contributed by atoms with Crippen molar-refractivity contribution in [2.75, 3.05) is 0 Å². The number of hydrogen-bond acceptors (Lipinski definition) is 6. The summed E-state index contributed by atoms with van der Waals surface area (Å²) in [5.41, 5.74) is 0.185. The summed E-state index contributed by atoms with van der Waals surface area (Å²) in [6.07, 6.45) is -3.49. The van der Waals surface area contributed by atoms with E-state index in [4.69, 9.17) is 19.7 Å². The quantitative estimate of drug-likeness (QED) is 0.633. The maximum atomic E-state index is 12.5. The van der Waals surface area contributed by atoms with Crippen LogP contribution in [0.4, 0.5) is 0 Å². The van der Waals surface area contributed by atoms with E-state index in [2.05, 4.69) is 4.74 Å². The molecular formula is C16H12O6. The zero-order valence-electron chi connectivity index (χ0n) is 11.3. The van der Waals surface area contributed by atoms with Crippen LogP contribution in [-0.2, 0) is 0 Å². The molecule has 0 aliphatic heterocycles. The van der Waals surface area contributed by atoms with Crippen molar-refractivity contribution in [2.24, 2.45) is 0 Å². The van der Waals surface area contributed by atoms with Crippen molar-refractivity contribution in [1.82, 2.24) is 0 Å². The molecule has 0 aliphatic carbocycles. The van der Waals surface area contributed by atoms with Gasteiger partial charge in [0.1, 0.15) is 5.58 Å². The topological polar surface area (TPSA) is 100 Å². The summed E-state index contributed by atoms with van der Waals surface area (Å²) >= 11 is 0. The van der Waals surface area contributed by atoms with E-state index in [-0.39, 0.29) is 11.1 Å². The summed E-state index contributed by atoms with van der Waals surface area (Å²) in [5, 5.41) is 27.3. The van der Waals surface area contributed by atoms with Crippen molar-refractivity contribution in [3.8, 4) is 17.1 Å². The molecule has 1 aromatic heterocycles. The van der Waals surface area contributed by atoms with Crippen LogP contribution in [0.3, 0.4) is 0 Å². The van der Waals surface area contributed by atoms with Crippen LogP contribution in [0, 0.1) is 0 Å². The molecular weight excluding hydrogens is 288 g/mol. The van der Waals surface area contributed by atoms with Gasteiger partial charge < -0.3 is 24.5 Å². The third-order valence-corrected chi connectivity index (χ3v) is 3.03. The number of benzene rings is 2. The van der Waals surface area contributed by atoms with Gasteiger partial charge in [-0.15, -0.1) is 0 Å². The Bertz CT molecular complexity index is 861. The molecule has 0 spiro atoms. The SMILES string of the molecule is O=c1c(OC(O)(O)O)c(-c2ccccc2)oc2ccccc12. The smallest absolute Gasteiger partial charge is 0.452 e. The standard InChI is InChI=1S/C16H12O6/c17-13-11-8-4-5-9-12(11)21-14(10-6-2-1-3-7-10)15(13)22-16(18,19)20/h1-9,18-20H. The molecule has 3 rings (SSSR count). The average molecular weight is 300 g/mol. The lowest BCUT2D eigenvalue weighted by Gasteiger charge is -2.17. The number of aliphatic hydroxyl groups is 3. The summed E-state index contributed by atoms with van der Waals surface area (Å²) in [6.45, 7) is 0. The summed E-state index contributed by atoms with van der Waals surface area (Å²) in [5.74, 6) is -0.497. The Morgan fingerprint density at radius 3 is 2.23 bits per heavy atom. The zero-order valence-corrected chi connectivity index (χ0v) is 11.3. The highest BCUT2D eigenvalue weighted by Gasteiger charge is 2.27. The van der Waals surface area contributed by atoms with E-state index >= 15 is 0 Å². The van der Waals surface area contributed by atoms with Crippen LogP contribution in [0.25, 0.3) is 22.3 Å². The first-order valence-electron chi connectivity index (χ1n) is 6.43. The lowest BCUT2D eigenvalue weighted by molar-refractivity contribution is -0.419. The highest BCUT2D eigenvalue weighted by molar-refractivity contribution is 5.81. The summed E-state index contributed by atoms with van der Waals surface area (Å²) in [7, 11) is 0. The zero-order chi connectivity index (χ0) is 15.7. The molecule has 0 atom stereocenters. The third-order valence-electron chi connectivity index (χ3n) is 3.03. The molecule has 6 nitrogen and oxygen atoms in total. The maximum absolute atomic E-state index is 12.5. The van der Waals surface area contributed by atoms with Gasteiger partial charge in [0.05, 0.1) is 5.39 Å². The molecule has 6 heteroatoms. The van der Waals surface area contributed by atoms with E-state index < -0.39 is 17.3 Å². The number of para-hydroxylation sites is 1. The van der Waals surface area contributed by atoms with Crippen LogP contribution in [-0.4, -0.2) is 21.5 Å². The Hall–Kier alpha value is -2.67. The molecule has 0 radical (unpaired) electrons. The predicted octanol–water partition coefficient (Wildman–Crippen LogP) is 1.43. The Labute approximate surface area is 124 Å². The van der Waals surface area contributed by atoms with Crippen molar-refractivity contribution in [1.29, 1.82) is 0 Å². The Morgan fingerprint density at radius 2 is 1.55 bits per heavy atom. The van der Waals surface area contributed by atoms with Gasteiger partial charge >= 0.3 is 6.16 Å². The highest BCUT2D eigenvalue weighted by atomic mass is 16.9. The van der Waals surface area contributed by atoms with Crippen LogP contribution in [0.2, 0.25) is 0 Å². The van der Waals surface area contributed by atoms with Crippen LogP contribution in [0.15, 0.2) is 63.8 Å². The van der Waals surface area contributed by atoms with Crippen molar-refractivity contribution >= 4 is 11.0 Å². The molecule has 0 amide bonds. The lowest BCUT2D eigenvalue weighted by atomic mass is 10.1. The summed E-state index contributed by atoms with van der Waals surface area (Å²) < 4.78 is 10.2. The van der Waals surface area contributed by atoms with Gasteiger partial charge in [-0.2, -0.15) is 0 Å². The van der Waals surface area contributed by atoms with E-state index in [9.17, 15) is 4.79 Å². The second-order valence-electron chi connectivity index (χ2n) is 4.63. The minimum Gasteiger partial charge on any atom is -0.452 e. The van der Waals surface area contributed by atoms with Gasteiger partial charge in [0.15, 0.2) is 5.76 Å². The van der Waals surface area contributed by atoms with Gasteiger partial charge in [-0.05, 0) is 12.1 Å². The number of rotatable bonds is 3. The Kier molecular flexibility index (Phi) is 3.42. The van der Waals surface area contributed by atoms with Crippen LogP contribution < -0.4 is 10.2 Å².